The molecule has 1 fully saturated rings. The summed E-state index contributed by atoms with van der Waals surface area (Å²) in [5, 5.41) is 3.18. The Bertz CT molecular complexity index is 325. The maximum Gasteiger partial charge on any atom is 0.214 e. The summed E-state index contributed by atoms with van der Waals surface area (Å²) in [6, 6.07) is 3.97. The van der Waals surface area contributed by atoms with Gasteiger partial charge >= 0.3 is 0 Å². The number of hydrogen-bond acceptors (Lipinski definition) is 3. The molecule has 1 N–H and O–H groups in total. The SMILES string of the molecule is CN(CCNc1ccnc(F)c1)C1CC1. The maximum atomic E-state index is 12.7. The van der Waals surface area contributed by atoms with Crippen molar-refractivity contribution in [1.82, 2.24) is 9.88 Å². The lowest BCUT2D eigenvalue weighted by atomic mass is 10.4. The Labute approximate surface area is 89.3 Å². The lowest BCUT2D eigenvalue weighted by Gasteiger charge is -2.16. The molecule has 0 atom stereocenters. The lowest BCUT2D eigenvalue weighted by molar-refractivity contribution is 0.337. The van der Waals surface area contributed by atoms with Crippen LogP contribution < -0.4 is 5.32 Å². The monoisotopic (exact) mass is 209 g/mol. The number of rotatable bonds is 5. The number of nitrogens with one attached hydrogen (secondary N) is 1. The zero-order valence-corrected chi connectivity index (χ0v) is 8.91. The number of aromatic nitrogens is 1. The standard InChI is InChI=1S/C11H16FN3/c1-15(10-2-3-10)7-6-13-9-4-5-14-11(12)8-9/h4-5,8,10H,2-3,6-7H2,1H3,(H,13,14). The average Bonchev–Trinajstić information content (AvgIpc) is 3.00. The fraction of sp³-hybridized carbons (Fsp3) is 0.545. The number of likely N-dealkylation sites (N-methyl/N-ethyl adjacent to an activating group) is 1. The van der Waals surface area contributed by atoms with Gasteiger partial charge in [-0.25, -0.2) is 4.98 Å². The van der Waals surface area contributed by atoms with Crippen LogP contribution in [-0.2, 0) is 0 Å². The quantitative estimate of drug-likeness (QED) is 0.748. The van der Waals surface area contributed by atoms with Crippen molar-refractivity contribution >= 4 is 5.69 Å². The molecular formula is C11H16FN3. The number of pyridine rings is 1. The summed E-state index contributed by atoms with van der Waals surface area (Å²) in [6.07, 6.45) is 4.11. The van der Waals surface area contributed by atoms with E-state index in [0.29, 0.717) is 0 Å². The zero-order chi connectivity index (χ0) is 10.7. The van der Waals surface area contributed by atoms with Gasteiger partial charge in [0.05, 0.1) is 0 Å². The van der Waals surface area contributed by atoms with Gasteiger partial charge < -0.3 is 10.2 Å². The van der Waals surface area contributed by atoms with Crippen LogP contribution in [0.1, 0.15) is 12.8 Å². The summed E-state index contributed by atoms with van der Waals surface area (Å²) < 4.78 is 12.7. The molecule has 1 aromatic rings. The van der Waals surface area contributed by atoms with Gasteiger partial charge in [-0.2, -0.15) is 4.39 Å². The summed E-state index contributed by atoms with van der Waals surface area (Å²) in [6.45, 7) is 1.84. The Balaban J connectivity index is 1.73. The molecule has 0 unspecified atom stereocenters. The second-order valence-electron chi connectivity index (χ2n) is 4.01. The average molecular weight is 209 g/mol. The Morgan fingerprint density at radius 2 is 2.40 bits per heavy atom. The molecule has 1 saturated carbocycles. The van der Waals surface area contributed by atoms with E-state index in [0.717, 1.165) is 24.8 Å². The normalized spacial score (nSPS) is 15.7. The summed E-state index contributed by atoms with van der Waals surface area (Å²) in [4.78, 5) is 5.84. The minimum Gasteiger partial charge on any atom is -0.384 e. The Morgan fingerprint density at radius 3 is 3.07 bits per heavy atom. The van der Waals surface area contributed by atoms with E-state index in [-0.39, 0.29) is 0 Å². The maximum absolute atomic E-state index is 12.7. The van der Waals surface area contributed by atoms with Crippen LogP contribution in [0, 0.1) is 5.95 Å². The van der Waals surface area contributed by atoms with Gasteiger partial charge in [0.25, 0.3) is 0 Å². The van der Waals surface area contributed by atoms with Crippen molar-refractivity contribution < 1.29 is 4.39 Å². The first-order valence-electron chi connectivity index (χ1n) is 5.31. The number of nitrogens with zero attached hydrogens (tertiary/aromatic N) is 2. The van der Waals surface area contributed by atoms with Crippen LogP contribution in [0.15, 0.2) is 18.3 Å². The molecule has 0 spiro atoms. The van der Waals surface area contributed by atoms with E-state index >= 15 is 0 Å². The highest BCUT2D eigenvalue weighted by Gasteiger charge is 2.25. The van der Waals surface area contributed by atoms with Crippen molar-refractivity contribution in [2.24, 2.45) is 0 Å². The molecular weight excluding hydrogens is 193 g/mol. The predicted octanol–water partition coefficient (Wildman–Crippen LogP) is 1.73. The van der Waals surface area contributed by atoms with Gasteiger partial charge in [-0.05, 0) is 26.0 Å². The van der Waals surface area contributed by atoms with Crippen LogP contribution in [-0.4, -0.2) is 36.1 Å². The molecule has 0 amide bonds. The Morgan fingerprint density at radius 1 is 1.60 bits per heavy atom. The first-order chi connectivity index (χ1) is 7.25. The fourth-order valence-electron chi connectivity index (χ4n) is 1.59. The highest BCUT2D eigenvalue weighted by Crippen LogP contribution is 2.24. The van der Waals surface area contributed by atoms with Crippen molar-refractivity contribution in [3.8, 4) is 0 Å². The van der Waals surface area contributed by atoms with E-state index in [1.54, 1.807) is 6.07 Å². The third kappa shape index (κ3) is 3.16. The first-order valence-corrected chi connectivity index (χ1v) is 5.31. The van der Waals surface area contributed by atoms with Crippen molar-refractivity contribution in [3.05, 3.63) is 24.3 Å². The fourth-order valence-corrected chi connectivity index (χ4v) is 1.59. The van der Waals surface area contributed by atoms with E-state index in [1.807, 2.05) is 0 Å². The molecule has 3 nitrogen and oxygen atoms in total. The van der Waals surface area contributed by atoms with Crippen LogP contribution in [0.5, 0.6) is 0 Å². The van der Waals surface area contributed by atoms with E-state index in [9.17, 15) is 4.39 Å². The van der Waals surface area contributed by atoms with Crippen LogP contribution >= 0.6 is 0 Å². The molecule has 2 rings (SSSR count). The van der Waals surface area contributed by atoms with E-state index in [4.69, 9.17) is 0 Å². The van der Waals surface area contributed by atoms with Gasteiger partial charge in [-0.3, -0.25) is 0 Å². The first kappa shape index (κ1) is 10.4. The summed E-state index contributed by atoms with van der Waals surface area (Å²) in [5.41, 5.74) is 0.798. The largest absolute Gasteiger partial charge is 0.384 e. The molecule has 0 saturated heterocycles. The molecule has 4 heteroatoms. The highest BCUT2D eigenvalue weighted by atomic mass is 19.1. The van der Waals surface area contributed by atoms with Crippen LogP contribution in [0.25, 0.3) is 0 Å². The molecule has 82 valence electrons. The summed E-state index contributed by atoms with van der Waals surface area (Å²) in [5.74, 6) is -0.435. The van der Waals surface area contributed by atoms with Gasteiger partial charge in [-0.1, -0.05) is 0 Å². The van der Waals surface area contributed by atoms with Gasteiger partial charge in [0.2, 0.25) is 5.95 Å². The smallest absolute Gasteiger partial charge is 0.214 e. The summed E-state index contributed by atoms with van der Waals surface area (Å²) >= 11 is 0. The third-order valence-corrected chi connectivity index (χ3v) is 2.69. The molecule has 1 aliphatic rings. The number of anilines is 1. The minimum atomic E-state index is -0.435. The molecule has 1 aliphatic carbocycles. The Kier molecular flexibility index (Phi) is 3.16. The van der Waals surface area contributed by atoms with E-state index in [2.05, 4.69) is 22.2 Å². The number of hydrogen-bond donors (Lipinski definition) is 1. The van der Waals surface area contributed by atoms with Crippen LogP contribution in [0.2, 0.25) is 0 Å². The highest BCUT2D eigenvalue weighted by molar-refractivity contribution is 5.41. The molecule has 0 bridgehead atoms. The van der Waals surface area contributed by atoms with E-state index < -0.39 is 5.95 Å². The van der Waals surface area contributed by atoms with Gasteiger partial charge in [0, 0.05) is 37.1 Å². The second-order valence-corrected chi connectivity index (χ2v) is 4.01. The Hall–Kier alpha value is -1.16. The second kappa shape index (κ2) is 4.57. The molecule has 1 aromatic heterocycles. The van der Waals surface area contributed by atoms with Gasteiger partial charge in [-0.15, -0.1) is 0 Å². The number of halogens is 1. The molecule has 0 radical (unpaired) electrons. The molecule has 15 heavy (non-hydrogen) atoms. The van der Waals surface area contributed by atoms with Crippen molar-refractivity contribution in [2.45, 2.75) is 18.9 Å². The van der Waals surface area contributed by atoms with Crippen molar-refractivity contribution in [1.29, 1.82) is 0 Å². The molecule has 0 aromatic carbocycles. The lowest BCUT2D eigenvalue weighted by Crippen LogP contribution is -2.27. The van der Waals surface area contributed by atoms with Gasteiger partial charge in [0.1, 0.15) is 0 Å². The molecule has 1 heterocycles. The van der Waals surface area contributed by atoms with Crippen LogP contribution in [0.3, 0.4) is 0 Å². The topological polar surface area (TPSA) is 28.2 Å². The third-order valence-electron chi connectivity index (χ3n) is 2.69. The van der Waals surface area contributed by atoms with Crippen molar-refractivity contribution in [2.75, 3.05) is 25.5 Å². The van der Waals surface area contributed by atoms with Crippen LogP contribution in [0.4, 0.5) is 10.1 Å². The van der Waals surface area contributed by atoms with E-state index in [1.165, 1.54) is 25.1 Å². The minimum absolute atomic E-state index is 0.435. The molecule has 0 aliphatic heterocycles. The predicted molar refractivity (Wildman–Crippen MR) is 58.3 cm³/mol. The summed E-state index contributed by atoms with van der Waals surface area (Å²) in [7, 11) is 2.13. The van der Waals surface area contributed by atoms with Gasteiger partial charge in [0.15, 0.2) is 0 Å². The zero-order valence-electron chi connectivity index (χ0n) is 8.91. The van der Waals surface area contributed by atoms with Crippen molar-refractivity contribution in [3.63, 3.8) is 0 Å².